The van der Waals surface area contributed by atoms with Crippen LogP contribution in [0.1, 0.15) is 18.1 Å². The van der Waals surface area contributed by atoms with Gasteiger partial charge in [-0.2, -0.15) is 0 Å². The van der Waals surface area contributed by atoms with Gasteiger partial charge in [0.05, 0.1) is 6.61 Å². The van der Waals surface area contributed by atoms with Gasteiger partial charge in [0.1, 0.15) is 0 Å². The molecule has 1 rings (SSSR count). The maximum absolute atomic E-state index is 5.41. The van der Waals surface area contributed by atoms with Crippen LogP contribution in [0.5, 0.6) is 0 Å². The van der Waals surface area contributed by atoms with E-state index in [2.05, 4.69) is 11.4 Å². The molecule has 0 aromatic heterocycles. The van der Waals surface area contributed by atoms with Crippen LogP contribution in [0.4, 0.5) is 5.69 Å². The second kappa shape index (κ2) is 5.68. The highest BCUT2D eigenvalue weighted by atomic mass is 32.1. The Kier molecular flexibility index (Phi) is 4.52. The Morgan fingerprint density at radius 2 is 2.27 bits per heavy atom. The lowest BCUT2D eigenvalue weighted by Gasteiger charge is -2.09. The average molecular weight is 224 g/mol. The molecular weight excluding hydrogens is 208 g/mol. The molecule has 0 radical (unpaired) electrons. The zero-order chi connectivity index (χ0) is 11.3. The first-order chi connectivity index (χ1) is 7.13. The van der Waals surface area contributed by atoms with Crippen LogP contribution in [0.3, 0.4) is 0 Å². The van der Waals surface area contributed by atoms with Gasteiger partial charge in [0.2, 0.25) is 0 Å². The van der Waals surface area contributed by atoms with Crippen molar-refractivity contribution in [3.05, 3.63) is 29.3 Å². The number of aryl methyl sites for hydroxylation is 1. The summed E-state index contributed by atoms with van der Waals surface area (Å²) in [5, 5.41) is 3.21. The topological polar surface area (TPSA) is 47.3 Å². The van der Waals surface area contributed by atoms with E-state index in [0.717, 1.165) is 23.4 Å². The van der Waals surface area contributed by atoms with Crippen LogP contribution in [-0.4, -0.2) is 11.7 Å². The van der Waals surface area contributed by atoms with E-state index in [1.165, 1.54) is 0 Å². The highest BCUT2D eigenvalue weighted by Gasteiger charge is 2.00. The quantitative estimate of drug-likeness (QED) is 0.770. The van der Waals surface area contributed by atoms with Crippen LogP contribution in [0.25, 0.3) is 0 Å². The molecule has 0 aliphatic heterocycles. The largest absolute Gasteiger partial charge is 0.377 e. The monoisotopic (exact) mass is 224 g/mol. The molecule has 1 aromatic carbocycles. The fraction of sp³-hybridized carbons (Fsp3) is 0.364. The minimum atomic E-state index is 0.288. The predicted molar refractivity (Wildman–Crippen MR) is 66.9 cm³/mol. The molecule has 82 valence electrons. The molecule has 3 nitrogen and oxygen atoms in total. The van der Waals surface area contributed by atoms with Crippen molar-refractivity contribution >= 4 is 23.0 Å². The fourth-order valence-corrected chi connectivity index (χ4v) is 1.42. The lowest BCUT2D eigenvalue weighted by Crippen LogP contribution is -2.19. The molecule has 0 spiro atoms. The molecule has 1 aromatic rings. The van der Waals surface area contributed by atoms with Crippen LogP contribution in [-0.2, 0) is 11.3 Å². The van der Waals surface area contributed by atoms with Crippen molar-refractivity contribution in [1.82, 2.24) is 0 Å². The molecule has 0 heterocycles. The Hall–Kier alpha value is -1.13. The second-order valence-electron chi connectivity index (χ2n) is 3.28. The predicted octanol–water partition coefficient (Wildman–Crippen LogP) is 2.19. The van der Waals surface area contributed by atoms with E-state index in [1.807, 2.05) is 26.0 Å². The molecule has 0 bridgehead atoms. The molecular formula is C11H16N2OS. The maximum Gasteiger partial charge on any atom is 0.168 e. The van der Waals surface area contributed by atoms with Crippen molar-refractivity contribution in [3.63, 3.8) is 0 Å². The highest BCUT2D eigenvalue weighted by Crippen LogP contribution is 2.16. The van der Waals surface area contributed by atoms with E-state index in [4.69, 9.17) is 22.7 Å². The molecule has 0 aliphatic rings. The van der Waals surface area contributed by atoms with Gasteiger partial charge in [-0.25, -0.2) is 0 Å². The van der Waals surface area contributed by atoms with Crippen LogP contribution in [0.2, 0.25) is 0 Å². The van der Waals surface area contributed by atoms with Gasteiger partial charge < -0.3 is 15.8 Å². The van der Waals surface area contributed by atoms with E-state index in [9.17, 15) is 0 Å². The number of nitrogens with one attached hydrogen (secondary N) is 1. The maximum atomic E-state index is 5.41. The molecule has 15 heavy (non-hydrogen) atoms. The van der Waals surface area contributed by atoms with Crippen LogP contribution < -0.4 is 11.1 Å². The number of nitrogens with two attached hydrogens (primary N) is 1. The van der Waals surface area contributed by atoms with Crippen molar-refractivity contribution in [2.75, 3.05) is 11.9 Å². The number of thiocarbonyl (C=S) groups is 1. The first kappa shape index (κ1) is 11.9. The number of benzene rings is 1. The van der Waals surface area contributed by atoms with Crippen molar-refractivity contribution in [2.24, 2.45) is 5.73 Å². The SMILES string of the molecule is CCOCc1ccc(NC(N)=S)c(C)c1. The van der Waals surface area contributed by atoms with Gasteiger partial charge in [-0.15, -0.1) is 0 Å². The molecule has 0 fully saturated rings. The normalized spacial score (nSPS) is 10.0. The highest BCUT2D eigenvalue weighted by molar-refractivity contribution is 7.80. The van der Waals surface area contributed by atoms with Gasteiger partial charge in [-0.1, -0.05) is 12.1 Å². The molecule has 4 heteroatoms. The lowest BCUT2D eigenvalue weighted by atomic mass is 10.1. The van der Waals surface area contributed by atoms with E-state index in [-0.39, 0.29) is 5.11 Å². The number of hydrogen-bond acceptors (Lipinski definition) is 2. The van der Waals surface area contributed by atoms with Crippen molar-refractivity contribution in [1.29, 1.82) is 0 Å². The van der Waals surface area contributed by atoms with Crippen LogP contribution in [0.15, 0.2) is 18.2 Å². The standard InChI is InChI=1S/C11H16N2OS/c1-3-14-7-9-4-5-10(8(2)6-9)13-11(12)15/h4-6H,3,7H2,1-2H3,(H3,12,13,15). The summed E-state index contributed by atoms with van der Waals surface area (Å²) in [6.45, 7) is 5.36. The summed E-state index contributed by atoms with van der Waals surface area (Å²) < 4.78 is 5.32. The third kappa shape index (κ3) is 3.85. The van der Waals surface area contributed by atoms with Gasteiger partial charge in [0.15, 0.2) is 5.11 Å². The first-order valence-electron chi connectivity index (χ1n) is 4.87. The molecule has 0 unspecified atom stereocenters. The summed E-state index contributed by atoms with van der Waals surface area (Å²) in [7, 11) is 0. The molecule has 3 N–H and O–H groups in total. The Morgan fingerprint density at radius 1 is 1.53 bits per heavy atom. The minimum absolute atomic E-state index is 0.288. The third-order valence-electron chi connectivity index (χ3n) is 2.02. The number of rotatable bonds is 4. The Balaban J connectivity index is 2.74. The summed E-state index contributed by atoms with van der Waals surface area (Å²) in [5.41, 5.74) is 8.62. The van der Waals surface area contributed by atoms with E-state index in [0.29, 0.717) is 6.61 Å². The van der Waals surface area contributed by atoms with Crippen molar-refractivity contribution in [2.45, 2.75) is 20.5 Å². The zero-order valence-electron chi connectivity index (χ0n) is 9.04. The summed E-state index contributed by atoms with van der Waals surface area (Å²) in [4.78, 5) is 0. The summed E-state index contributed by atoms with van der Waals surface area (Å²) in [6.07, 6.45) is 0. The zero-order valence-corrected chi connectivity index (χ0v) is 9.86. The number of ether oxygens (including phenoxy) is 1. The smallest absolute Gasteiger partial charge is 0.168 e. The van der Waals surface area contributed by atoms with E-state index < -0.39 is 0 Å². The summed E-state index contributed by atoms with van der Waals surface area (Å²) in [6, 6.07) is 6.03. The average Bonchev–Trinajstić information content (AvgIpc) is 2.18. The van der Waals surface area contributed by atoms with Crippen molar-refractivity contribution < 1.29 is 4.74 Å². The minimum Gasteiger partial charge on any atom is -0.377 e. The molecule has 0 aliphatic carbocycles. The van der Waals surface area contributed by atoms with Gasteiger partial charge in [0, 0.05) is 12.3 Å². The van der Waals surface area contributed by atoms with Crippen molar-refractivity contribution in [3.8, 4) is 0 Å². The van der Waals surface area contributed by atoms with E-state index >= 15 is 0 Å². The fourth-order valence-electron chi connectivity index (χ4n) is 1.31. The van der Waals surface area contributed by atoms with Gasteiger partial charge in [-0.3, -0.25) is 0 Å². The second-order valence-corrected chi connectivity index (χ2v) is 3.72. The Labute approximate surface area is 95.6 Å². The molecule has 0 atom stereocenters. The Morgan fingerprint density at radius 3 is 2.80 bits per heavy atom. The van der Waals surface area contributed by atoms with E-state index in [1.54, 1.807) is 0 Å². The first-order valence-corrected chi connectivity index (χ1v) is 5.28. The third-order valence-corrected chi connectivity index (χ3v) is 2.12. The summed E-state index contributed by atoms with van der Waals surface area (Å²) in [5.74, 6) is 0. The van der Waals surface area contributed by atoms with Crippen LogP contribution >= 0.6 is 12.2 Å². The number of anilines is 1. The van der Waals surface area contributed by atoms with Gasteiger partial charge >= 0.3 is 0 Å². The van der Waals surface area contributed by atoms with Gasteiger partial charge in [-0.05, 0) is 43.3 Å². The molecule has 0 amide bonds. The Bertz CT molecular complexity index is 352. The number of hydrogen-bond donors (Lipinski definition) is 2. The van der Waals surface area contributed by atoms with Crippen LogP contribution in [0, 0.1) is 6.92 Å². The van der Waals surface area contributed by atoms with Gasteiger partial charge in [0.25, 0.3) is 0 Å². The lowest BCUT2D eigenvalue weighted by molar-refractivity contribution is 0.134. The molecule has 0 saturated carbocycles. The molecule has 0 saturated heterocycles. The summed E-state index contributed by atoms with van der Waals surface area (Å²) >= 11 is 4.78.